The highest BCUT2D eigenvalue weighted by atomic mass is 35.5. The SMILES string of the molecule is CC(CN)C(=O)Nc1ccccc1-c1n[nH]c(C(C)C)n1.Cl. The number of aromatic nitrogens is 3. The molecule has 0 aliphatic carbocycles. The maximum Gasteiger partial charge on any atom is 0.228 e. The van der Waals surface area contributed by atoms with E-state index in [2.05, 4.69) is 20.5 Å². The van der Waals surface area contributed by atoms with Crippen molar-refractivity contribution < 1.29 is 4.79 Å². The summed E-state index contributed by atoms with van der Waals surface area (Å²) < 4.78 is 0. The Morgan fingerprint density at radius 1 is 1.32 bits per heavy atom. The van der Waals surface area contributed by atoms with Crippen LogP contribution in [0.4, 0.5) is 5.69 Å². The van der Waals surface area contributed by atoms with Crippen molar-refractivity contribution in [2.75, 3.05) is 11.9 Å². The first-order valence-electron chi connectivity index (χ1n) is 7.05. The van der Waals surface area contributed by atoms with Gasteiger partial charge in [0.15, 0.2) is 5.82 Å². The number of rotatable bonds is 5. The van der Waals surface area contributed by atoms with Crippen LogP contribution < -0.4 is 11.1 Å². The second-order valence-electron chi connectivity index (χ2n) is 5.37. The number of anilines is 1. The highest BCUT2D eigenvalue weighted by molar-refractivity contribution is 5.96. The molecule has 2 aromatic rings. The Morgan fingerprint density at radius 2 is 2.00 bits per heavy atom. The summed E-state index contributed by atoms with van der Waals surface area (Å²) in [5, 5.41) is 10.0. The summed E-state index contributed by atoms with van der Waals surface area (Å²) in [6, 6.07) is 7.48. The second kappa shape index (κ2) is 7.91. The number of carbonyl (C=O) groups excluding carboxylic acids is 1. The van der Waals surface area contributed by atoms with E-state index in [1.807, 2.05) is 38.1 Å². The average Bonchev–Trinajstić information content (AvgIpc) is 2.96. The number of H-pyrrole nitrogens is 1. The number of carbonyl (C=O) groups is 1. The molecule has 4 N–H and O–H groups in total. The van der Waals surface area contributed by atoms with Crippen LogP contribution in [0, 0.1) is 5.92 Å². The first-order valence-corrected chi connectivity index (χ1v) is 7.05. The molecule has 1 aromatic heterocycles. The molecule has 2 rings (SSSR count). The summed E-state index contributed by atoms with van der Waals surface area (Å²) in [6.07, 6.45) is 0. The van der Waals surface area contributed by atoms with Crippen molar-refractivity contribution in [1.29, 1.82) is 0 Å². The molecule has 0 aliphatic heterocycles. The molecule has 0 spiro atoms. The minimum Gasteiger partial charge on any atom is -0.330 e. The predicted molar refractivity (Wildman–Crippen MR) is 90.0 cm³/mol. The van der Waals surface area contributed by atoms with Crippen LogP contribution in [-0.4, -0.2) is 27.6 Å². The van der Waals surface area contributed by atoms with Crippen molar-refractivity contribution in [3.63, 3.8) is 0 Å². The lowest BCUT2D eigenvalue weighted by molar-refractivity contribution is -0.119. The number of halogens is 1. The number of benzene rings is 1. The fourth-order valence-corrected chi connectivity index (χ4v) is 1.80. The third kappa shape index (κ3) is 4.05. The molecule has 0 saturated heterocycles. The smallest absolute Gasteiger partial charge is 0.228 e. The number of nitrogens with zero attached hydrogens (tertiary/aromatic N) is 2. The van der Waals surface area contributed by atoms with E-state index in [-0.39, 0.29) is 30.2 Å². The number of hydrogen-bond acceptors (Lipinski definition) is 4. The van der Waals surface area contributed by atoms with E-state index in [4.69, 9.17) is 5.73 Å². The summed E-state index contributed by atoms with van der Waals surface area (Å²) in [5.41, 5.74) is 7.00. The molecule has 1 heterocycles. The molecular weight excluding hydrogens is 302 g/mol. The van der Waals surface area contributed by atoms with Gasteiger partial charge in [0.05, 0.1) is 5.69 Å². The molecule has 120 valence electrons. The summed E-state index contributed by atoms with van der Waals surface area (Å²) in [6.45, 7) is 6.19. The molecule has 1 aromatic carbocycles. The van der Waals surface area contributed by atoms with Crippen LogP contribution in [0.3, 0.4) is 0 Å². The van der Waals surface area contributed by atoms with Crippen molar-refractivity contribution in [3.8, 4) is 11.4 Å². The molecular formula is C15H22ClN5O. The van der Waals surface area contributed by atoms with E-state index in [9.17, 15) is 4.79 Å². The average molecular weight is 324 g/mol. The minimum absolute atomic E-state index is 0. The van der Waals surface area contributed by atoms with Gasteiger partial charge < -0.3 is 11.1 Å². The van der Waals surface area contributed by atoms with Crippen LogP contribution >= 0.6 is 12.4 Å². The number of nitrogens with two attached hydrogens (primary N) is 1. The van der Waals surface area contributed by atoms with Crippen molar-refractivity contribution in [1.82, 2.24) is 15.2 Å². The van der Waals surface area contributed by atoms with E-state index >= 15 is 0 Å². The number of amides is 1. The van der Waals surface area contributed by atoms with Crippen LogP contribution in [0.15, 0.2) is 24.3 Å². The van der Waals surface area contributed by atoms with Gasteiger partial charge in [-0.3, -0.25) is 9.89 Å². The first-order chi connectivity index (χ1) is 10.0. The molecule has 0 aliphatic rings. The Hall–Kier alpha value is -1.92. The van der Waals surface area contributed by atoms with Crippen molar-refractivity contribution in [2.45, 2.75) is 26.7 Å². The van der Waals surface area contributed by atoms with E-state index < -0.39 is 0 Å². The highest BCUT2D eigenvalue weighted by Gasteiger charge is 2.16. The number of hydrogen-bond donors (Lipinski definition) is 3. The van der Waals surface area contributed by atoms with Gasteiger partial charge in [0.1, 0.15) is 5.82 Å². The number of aromatic amines is 1. The Balaban J connectivity index is 0.00000242. The number of nitrogens with one attached hydrogen (secondary N) is 2. The van der Waals surface area contributed by atoms with Crippen LogP contribution in [0.2, 0.25) is 0 Å². The zero-order valence-corrected chi connectivity index (χ0v) is 13.8. The van der Waals surface area contributed by atoms with E-state index in [0.717, 1.165) is 11.4 Å². The van der Waals surface area contributed by atoms with Crippen molar-refractivity contribution in [3.05, 3.63) is 30.1 Å². The lowest BCUT2D eigenvalue weighted by atomic mass is 10.1. The minimum atomic E-state index is -0.239. The molecule has 1 atom stereocenters. The monoisotopic (exact) mass is 323 g/mol. The van der Waals surface area contributed by atoms with Crippen LogP contribution in [-0.2, 0) is 4.79 Å². The van der Waals surface area contributed by atoms with Crippen molar-refractivity contribution in [2.24, 2.45) is 11.7 Å². The Kier molecular flexibility index (Phi) is 6.52. The summed E-state index contributed by atoms with van der Waals surface area (Å²) in [5.74, 6) is 1.32. The standard InChI is InChI=1S/C15H21N5O.ClH/c1-9(2)13-18-14(20-19-13)11-6-4-5-7-12(11)17-15(21)10(3)8-16;/h4-7,9-10H,8,16H2,1-3H3,(H,17,21)(H,18,19,20);1H. The van der Waals surface area contributed by atoms with Gasteiger partial charge in [-0.05, 0) is 12.1 Å². The van der Waals surface area contributed by atoms with E-state index in [1.54, 1.807) is 6.92 Å². The lowest BCUT2D eigenvalue weighted by Crippen LogP contribution is -2.26. The highest BCUT2D eigenvalue weighted by Crippen LogP contribution is 2.26. The van der Waals surface area contributed by atoms with Gasteiger partial charge >= 0.3 is 0 Å². The zero-order valence-electron chi connectivity index (χ0n) is 13.0. The third-order valence-electron chi connectivity index (χ3n) is 3.28. The molecule has 7 heteroatoms. The van der Waals surface area contributed by atoms with Gasteiger partial charge in [-0.2, -0.15) is 5.10 Å². The van der Waals surface area contributed by atoms with Crippen LogP contribution in [0.25, 0.3) is 11.4 Å². The van der Waals surface area contributed by atoms with E-state index in [0.29, 0.717) is 18.1 Å². The van der Waals surface area contributed by atoms with Crippen LogP contribution in [0.5, 0.6) is 0 Å². The molecule has 22 heavy (non-hydrogen) atoms. The van der Waals surface area contributed by atoms with E-state index in [1.165, 1.54) is 0 Å². The molecule has 0 radical (unpaired) electrons. The maximum absolute atomic E-state index is 12.0. The fourth-order valence-electron chi connectivity index (χ4n) is 1.80. The van der Waals surface area contributed by atoms with Crippen LogP contribution in [0.1, 0.15) is 32.5 Å². The largest absolute Gasteiger partial charge is 0.330 e. The van der Waals surface area contributed by atoms with Gasteiger partial charge in [0.25, 0.3) is 0 Å². The maximum atomic E-state index is 12.0. The van der Waals surface area contributed by atoms with Gasteiger partial charge in [-0.25, -0.2) is 4.98 Å². The molecule has 1 unspecified atom stereocenters. The van der Waals surface area contributed by atoms with Gasteiger partial charge in [-0.1, -0.05) is 32.9 Å². The normalized spacial score (nSPS) is 11.9. The molecule has 0 fully saturated rings. The third-order valence-corrected chi connectivity index (χ3v) is 3.28. The van der Waals surface area contributed by atoms with Gasteiger partial charge in [0.2, 0.25) is 5.91 Å². The molecule has 0 bridgehead atoms. The zero-order chi connectivity index (χ0) is 15.4. The summed E-state index contributed by atoms with van der Waals surface area (Å²) in [7, 11) is 0. The van der Waals surface area contributed by atoms with Gasteiger partial charge in [-0.15, -0.1) is 12.4 Å². The Morgan fingerprint density at radius 3 is 2.59 bits per heavy atom. The Labute approximate surface area is 136 Å². The summed E-state index contributed by atoms with van der Waals surface area (Å²) >= 11 is 0. The fraction of sp³-hybridized carbons (Fsp3) is 0.400. The Bertz CT molecular complexity index is 626. The second-order valence-corrected chi connectivity index (χ2v) is 5.37. The quantitative estimate of drug-likeness (QED) is 0.787. The summed E-state index contributed by atoms with van der Waals surface area (Å²) in [4.78, 5) is 16.5. The molecule has 1 amide bonds. The topological polar surface area (TPSA) is 96.7 Å². The number of para-hydroxylation sites is 1. The molecule has 0 saturated carbocycles. The first kappa shape index (κ1) is 18.1. The van der Waals surface area contributed by atoms with Gasteiger partial charge in [0, 0.05) is 23.9 Å². The molecule has 6 nitrogen and oxygen atoms in total. The van der Waals surface area contributed by atoms with Crippen molar-refractivity contribution >= 4 is 24.0 Å². The predicted octanol–water partition coefficient (Wildman–Crippen LogP) is 2.55. The lowest BCUT2D eigenvalue weighted by Gasteiger charge is -2.12.